The van der Waals surface area contributed by atoms with E-state index in [1.807, 2.05) is 25.2 Å². The summed E-state index contributed by atoms with van der Waals surface area (Å²) >= 11 is 0. The number of ether oxygens (including phenoxy) is 1. The molecule has 0 bridgehead atoms. The van der Waals surface area contributed by atoms with Crippen LogP contribution in [0.2, 0.25) is 0 Å². The van der Waals surface area contributed by atoms with E-state index < -0.39 is 0 Å². The fraction of sp³-hybridized carbons (Fsp3) is 0.538. The van der Waals surface area contributed by atoms with E-state index in [1.165, 1.54) is 6.42 Å². The van der Waals surface area contributed by atoms with Crippen LogP contribution in [0.4, 0.5) is 0 Å². The first-order valence-corrected chi connectivity index (χ1v) is 5.92. The van der Waals surface area contributed by atoms with Crippen molar-refractivity contribution in [2.45, 2.75) is 24.8 Å². The van der Waals surface area contributed by atoms with Crippen LogP contribution >= 0.6 is 0 Å². The van der Waals surface area contributed by atoms with Gasteiger partial charge >= 0.3 is 0 Å². The van der Waals surface area contributed by atoms with Crippen LogP contribution in [0.15, 0.2) is 24.3 Å². The lowest BCUT2D eigenvalue weighted by molar-refractivity contribution is 0.235. The Labute approximate surface area is 97.0 Å². The predicted octanol–water partition coefficient (Wildman–Crippen LogP) is 1.62. The van der Waals surface area contributed by atoms with Gasteiger partial charge in [-0.25, -0.2) is 0 Å². The highest BCUT2D eigenvalue weighted by molar-refractivity contribution is 5.40. The van der Waals surface area contributed by atoms with Gasteiger partial charge in [-0.3, -0.25) is 0 Å². The van der Waals surface area contributed by atoms with Gasteiger partial charge in [-0.05, 0) is 32.4 Å². The molecule has 1 aliphatic rings. The number of para-hydroxylation sites is 1. The SMILES string of the molecule is CNCCOc1ccccc1C1(N)CCC1. The van der Waals surface area contributed by atoms with Gasteiger partial charge in [-0.2, -0.15) is 0 Å². The molecule has 88 valence electrons. The van der Waals surface area contributed by atoms with Crippen LogP contribution < -0.4 is 15.8 Å². The Balaban J connectivity index is 2.11. The molecule has 0 atom stereocenters. The summed E-state index contributed by atoms with van der Waals surface area (Å²) in [5, 5.41) is 3.07. The van der Waals surface area contributed by atoms with Gasteiger partial charge in [0.1, 0.15) is 12.4 Å². The summed E-state index contributed by atoms with van der Waals surface area (Å²) in [5.74, 6) is 0.944. The molecule has 0 amide bonds. The van der Waals surface area contributed by atoms with Gasteiger partial charge in [-0.15, -0.1) is 0 Å². The lowest BCUT2D eigenvalue weighted by atomic mass is 9.72. The molecule has 0 heterocycles. The summed E-state index contributed by atoms with van der Waals surface area (Å²) in [7, 11) is 1.92. The van der Waals surface area contributed by atoms with Crippen LogP contribution in [0.5, 0.6) is 5.75 Å². The molecular formula is C13H20N2O. The van der Waals surface area contributed by atoms with Crippen molar-refractivity contribution in [3.63, 3.8) is 0 Å². The number of hydrogen-bond acceptors (Lipinski definition) is 3. The third-order valence-corrected chi connectivity index (χ3v) is 3.28. The van der Waals surface area contributed by atoms with Crippen LogP contribution in [0.25, 0.3) is 0 Å². The Morgan fingerprint density at radius 3 is 2.75 bits per heavy atom. The van der Waals surface area contributed by atoms with Crippen molar-refractivity contribution in [2.24, 2.45) is 5.73 Å². The van der Waals surface area contributed by atoms with Crippen molar-refractivity contribution in [1.82, 2.24) is 5.32 Å². The maximum absolute atomic E-state index is 6.33. The zero-order chi connectivity index (χ0) is 11.4. The van der Waals surface area contributed by atoms with Gasteiger partial charge in [0.05, 0.1) is 0 Å². The molecule has 0 unspecified atom stereocenters. The largest absolute Gasteiger partial charge is 0.492 e. The van der Waals surface area contributed by atoms with E-state index in [9.17, 15) is 0 Å². The maximum atomic E-state index is 6.33. The van der Waals surface area contributed by atoms with Crippen LogP contribution in [-0.2, 0) is 5.54 Å². The molecule has 1 aromatic rings. The highest BCUT2D eigenvalue weighted by Gasteiger charge is 2.36. The van der Waals surface area contributed by atoms with Gasteiger partial charge in [0.2, 0.25) is 0 Å². The summed E-state index contributed by atoms with van der Waals surface area (Å²) in [6.45, 7) is 1.54. The van der Waals surface area contributed by atoms with E-state index in [2.05, 4.69) is 11.4 Å². The second kappa shape index (κ2) is 4.85. The molecule has 2 rings (SSSR count). The molecule has 0 aliphatic heterocycles. The van der Waals surface area contributed by atoms with Crippen molar-refractivity contribution in [3.05, 3.63) is 29.8 Å². The average Bonchev–Trinajstić information content (AvgIpc) is 2.27. The molecule has 1 saturated carbocycles. The first-order chi connectivity index (χ1) is 7.76. The van der Waals surface area contributed by atoms with E-state index in [4.69, 9.17) is 10.5 Å². The van der Waals surface area contributed by atoms with Crippen molar-refractivity contribution in [3.8, 4) is 5.75 Å². The zero-order valence-electron chi connectivity index (χ0n) is 9.83. The minimum atomic E-state index is -0.143. The van der Waals surface area contributed by atoms with E-state index in [-0.39, 0.29) is 5.54 Å². The highest BCUT2D eigenvalue weighted by atomic mass is 16.5. The molecule has 1 aromatic carbocycles. The lowest BCUT2D eigenvalue weighted by Gasteiger charge is -2.39. The Kier molecular flexibility index (Phi) is 3.46. The standard InChI is InChI=1S/C13H20N2O/c1-15-9-10-16-12-6-3-2-5-11(12)13(14)7-4-8-13/h2-3,5-6,15H,4,7-10,14H2,1H3. The van der Waals surface area contributed by atoms with Crippen molar-refractivity contribution in [2.75, 3.05) is 20.2 Å². The van der Waals surface area contributed by atoms with Crippen LogP contribution in [-0.4, -0.2) is 20.2 Å². The maximum Gasteiger partial charge on any atom is 0.124 e. The molecule has 0 saturated heterocycles. The number of benzene rings is 1. The van der Waals surface area contributed by atoms with Crippen LogP contribution in [0.3, 0.4) is 0 Å². The smallest absolute Gasteiger partial charge is 0.124 e. The molecule has 3 nitrogen and oxygen atoms in total. The number of likely N-dealkylation sites (N-methyl/N-ethyl adjacent to an activating group) is 1. The van der Waals surface area contributed by atoms with E-state index in [1.54, 1.807) is 0 Å². The number of hydrogen-bond donors (Lipinski definition) is 2. The first-order valence-electron chi connectivity index (χ1n) is 5.92. The second-order valence-electron chi connectivity index (χ2n) is 4.46. The Morgan fingerprint density at radius 1 is 1.38 bits per heavy atom. The minimum absolute atomic E-state index is 0.143. The number of rotatable bonds is 5. The zero-order valence-corrected chi connectivity index (χ0v) is 9.83. The first kappa shape index (κ1) is 11.4. The van der Waals surface area contributed by atoms with E-state index >= 15 is 0 Å². The van der Waals surface area contributed by atoms with Crippen molar-refractivity contribution in [1.29, 1.82) is 0 Å². The van der Waals surface area contributed by atoms with Gasteiger partial charge in [-0.1, -0.05) is 18.2 Å². The van der Waals surface area contributed by atoms with Crippen molar-refractivity contribution >= 4 is 0 Å². The normalized spacial score (nSPS) is 17.9. The van der Waals surface area contributed by atoms with Crippen molar-refractivity contribution < 1.29 is 4.74 Å². The fourth-order valence-corrected chi connectivity index (χ4v) is 2.09. The van der Waals surface area contributed by atoms with E-state index in [0.29, 0.717) is 6.61 Å². The summed E-state index contributed by atoms with van der Waals surface area (Å²) in [4.78, 5) is 0. The Bertz CT molecular complexity index is 348. The topological polar surface area (TPSA) is 47.3 Å². The lowest BCUT2D eigenvalue weighted by Crippen LogP contribution is -2.43. The van der Waals surface area contributed by atoms with Crippen LogP contribution in [0, 0.1) is 0 Å². The number of nitrogens with one attached hydrogen (secondary N) is 1. The van der Waals surface area contributed by atoms with E-state index in [0.717, 1.165) is 30.7 Å². The molecule has 1 fully saturated rings. The summed E-state index contributed by atoms with van der Waals surface area (Å²) < 4.78 is 5.76. The molecule has 0 spiro atoms. The van der Waals surface area contributed by atoms with Gasteiger partial charge in [0.15, 0.2) is 0 Å². The second-order valence-corrected chi connectivity index (χ2v) is 4.46. The average molecular weight is 220 g/mol. The van der Waals surface area contributed by atoms with Crippen LogP contribution in [0.1, 0.15) is 24.8 Å². The molecule has 0 aromatic heterocycles. The Morgan fingerprint density at radius 2 is 2.12 bits per heavy atom. The minimum Gasteiger partial charge on any atom is -0.492 e. The molecule has 16 heavy (non-hydrogen) atoms. The van der Waals surface area contributed by atoms with Gasteiger partial charge < -0.3 is 15.8 Å². The van der Waals surface area contributed by atoms with Gasteiger partial charge in [0, 0.05) is 17.6 Å². The third-order valence-electron chi connectivity index (χ3n) is 3.28. The fourth-order valence-electron chi connectivity index (χ4n) is 2.09. The molecule has 3 heteroatoms. The Hall–Kier alpha value is -1.06. The summed E-state index contributed by atoms with van der Waals surface area (Å²) in [6, 6.07) is 8.14. The molecular weight excluding hydrogens is 200 g/mol. The van der Waals surface area contributed by atoms with Gasteiger partial charge in [0.25, 0.3) is 0 Å². The highest BCUT2D eigenvalue weighted by Crippen LogP contribution is 2.42. The molecule has 3 N–H and O–H groups in total. The summed E-state index contributed by atoms with van der Waals surface area (Å²) in [5.41, 5.74) is 7.36. The predicted molar refractivity (Wildman–Crippen MR) is 65.6 cm³/mol. The monoisotopic (exact) mass is 220 g/mol. The molecule has 1 aliphatic carbocycles. The molecule has 0 radical (unpaired) electrons. The summed E-state index contributed by atoms with van der Waals surface area (Å²) in [6.07, 6.45) is 3.36. The third kappa shape index (κ3) is 2.20. The number of nitrogens with two attached hydrogens (primary N) is 1. The quantitative estimate of drug-likeness (QED) is 0.741.